The van der Waals surface area contributed by atoms with Gasteiger partial charge in [-0.25, -0.2) is 0 Å². The minimum absolute atomic E-state index is 0.520. The molecule has 0 N–H and O–H groups in total. The van der Waals surface area contributed by atoms with Gasteiger partial charge in [0, 0.05) is 10.0 Å². The van der Waals surface area contributed by atoms with Crippen molar-refractivity contribution in [1.82, 2.24) is 0 Å². The molecule has 0 aliphatic heterocycles. The van der Waals surface area contributed by atoms with E-state index in [1.807, 2.05) is 24.3 Å². The highest BCUT2D eigenvalue weighted by Gasteiger charge is 2.09. The molecule has 0 saturated carbocycles. The first-order valence-electron chi connectivity index (χ1n) is 4.95. The van der Waals surface area contributed by atoms with Crippen LogP contribution in [0.2, 0.25) is 0 Å². The molecule has 0 aliphatic rings. The summed E-state index contributed by atoms with van der Waals surface area (Å²) in [5.74, 6) is 0. The molecule has 0 saturated heterocycles. The van der Waals surface area contributed by atoms with Crippen LogP contribution in [-0.2, 0) is 0 Å². The Hall–Kier alpha value is -2.10. The topological polar surface area (TPSA) is 47.6 Å². The Balaban J connectivity index is 2.70. The summed E-state index contributed by atoms with van der Waals surface area (Å²) in [6.45, 7) is 0. The third-order valence-corrected chi connectivity index (χ3v) is 2.97. The Labute approximate surface area is 108 Å². The molecular formula is C14H7BrN2. The Morgan fingerprint density at radius 2 is 1.35 bits per heavy atom. The van der Waals surface area contributed by atoms with Crippen LogP contribution >= 0.6 is 15.9 Å². The lowest BCUT2D eigenvalue weighted by Crippen LogP contribution is -1.89. The summed E-state index contributed by atoms with van der Waals surface area (Å²) in [4.78, 5) is 0. The number of halogens is 1. The summed E-state index contributed by atoms with van der Waals surface area (Å²) in [7, 11) is 0. The average Bonchev–Trinajstić information content (AvgIpc) is 2.38. The molecule has 0 atom stereocenters. The Bertz CT molecular complexity index is 599. The maximum Gasteiger partial charge on any atom is 0.0998 e. The minimum atomic E-state index is 0.520. The van der Waals surface area contributed by atoms with Gasteiger partial charge in [0.25, 0.3) is 0 Å². The van der Waals surface area contributed by atoms with E-state index in [1.165, 1.54) is 0 Å². The van der Waals surface area contributed by atoms with Crippen LogP contribution < -0.4 is 0 Å². The van der Waals surface area contributed by atoms with E-state index < -0.39 is 0 Å². The van der Waals surface area contributed by atoms with Crippen molar-refractivity contribution in [2.24, 2.45) is 0 Å². The van der Waals surface area contributed by atoms with Gasteiger partial charge in [-0.2, -0.15) is 10.5 Å². The molecule has 0 fully saturated rings. The number of hydrogen-bond acceptors (Lipinski definition) is 2. The van der Waals surface area contributed by atoms with Crippen molar-refractivity contribution >= 4 is 15.9 Å². The molecule has 3 heteroatoms. The van der Waals surface area contributed by atoms with Gasteiger partial charge in [-0.3, -0.25) is 0 Å². The van der Waals surface area contributed by atoms with Gasteiger partial charge in [0.1, 0.15) is 0 Å². The summed E-state index contributed by atoms with van der Waals surface area (Å²) >= 11 is 3.36. The van der Waals surface area contributed by atoms with Crippen LogP contribution in [-0.4, -0.2) is 0 Å². The molecule has 0 bridgehead atoms. The number of rotatable bonds is 1. The molecule has 0 aliphatic carbocycles. The molecule has 0 radical (unpaired) electrons. The summed E-state index contributed by atoms with van der Waals surface area (Å²) in [5.41, 5.74) is 2.62. The largest absolute Gasteiger partial charge is 0.192 e. The molecule has 17 heavy (non-hydrogen) atoms. The minimum Gasteiger partial charge on any atom is -0.192 e. The molecule has 0 heterocycles. The summed E-state index contributed by atoms with van der Waals surface area (Å²) < 4.78 is 0.967. The maximum absolute atomic E-state index is 9.09. The molecule has 2 nitrogen and oxygen atoms in total. The summed E-state index contributed by atoms with van der Waals surface area (Å²) in [6, 6.07) is 17.0. The zero-order chi connectivity index (χ0) is 12.3. The second kappa shape index (κ2) is 4.82. The zero-order valence-corrected chi connectivity index (χ0v) is 10.4. The van der Waals surface area contributed by atoms with E-state index in [9.17, 15) is 0 Å². The van der Waals surface area contributed by atoms with Crippen molar-refractivity contribution in [3.63, 3.8) is 0 Å². The Morgan fingerprint density at radius 3 is 1.82 bits per heavy atom. The van der Waals surface area contributed by atoms with Gasteiger partial charge in [0.05, 0.1) is 23.3 Å². The fraction of sp³-hybridized carbons (Fsp3) is 0. The molecule has 0 spiro atoms. The van der Waals surface area contributed by atoms with Crippen molar-refractivity contribution in [2.45, 2.75) is 0 Å². The van der Waals surface area contributed by atoms with E-state index in [0.29, 0.717) is 16.7 Å². The first-order chi connectivity index (χ1) is 8.26. The smallest absolute Gasteiger partial charge is 0.0998 e. The van der Waals surface area contributed by atoms with Crippen LogP contribution in [0, 0.1) is 22.7 Å². The van der Waals surface area contributed by atoms with E-state index >= 15 is 0 Å². The maximum atomic E-state index is 9.09. The van der Waals surface area contributed by atoms with Gasteiger partial charge in [0.2, 0.25) is 0 Å². The molecule has 2 aromatic rings. The number of nitrogens with zero attached hydrogens (tertiary/aromatic N) is 2. The molecule has 0 aromatic heterocycles. The Morgan fingerprint density at radius 1 is 0.824 bits per heavy atom. The SMILES string of the molecule is N#Cc1cccc(C#N)c1-c1ccc(Br)cc1. The molecule has 0 amide bonds. The van der Waals surface area contributed by atoms with Gasteiger partial charge >= 0.3 is 0 Å². The summed E-state index contributed by atoms with van der Waals surface area (Å²) in [5, 5.41) is 18.2. The molecule has 80 valence electrons. The standard InChI is InChI=1S/C14H7BrN2/c15-13-6-4-10(5-7-13)14-11(8-16)2-1-3-12(14)9-17/h1-7H. The van der Waals surface area contributed by atoms with Crippen LogP contribution in [0.3, 0.4) is 0 Å². The van der Waals surface area contributed by atoms with Gasteiger partial charge in [-0.05, 0) is 29.8 Å². The lowest BCUT2D eigenvalue weighted by Gasteiger charge is -2.06. The average molecular weight is 283 g/mol. The predicted octanol–water partition coefficient (Wildman–Crippen LogP) is 3.86. The van der Waals surface area contributed by atoms with Crippen molar-refractivity contribution in [1.29, 1.82) is 10.5 Å². The fourth-order valence-corrected chi connectivity index (χ4v) is 1.93. The zero-order valence-electron chi connectivity index (χ0n) is 8.81. The molecule has 2 rings (SSSR count). The van der Waals surface area contributed by atoms with Crippen LogP contribution in [0.25, 0.3) is 11.1 Å². The molecular weight excluding hydrogens is 276 g/mol. The van der Waals surface area contributed by atoms with Crippen molar-refractivity contribution in [3.8, 4) is 23.3 Å². The van der Waals surface area contributed by atoms with E-state index in [0.717, 1.165) is 10.0 Å². The van der Waals surface area contributed by atoms with E-state index in [4.69, 9.17) is 10.5 Å². The highest BCUT2D eigenvalue weighted by atomic mass is 79.9. The number of nitriles is 2. The highest BCUT2D eigenvalue weighted by Crippen LogP contribution is 2.28. The first kappa shape index (κ1) is 11.4. The van der Waals surface area contributed by atoms with Crippen molar-refractivity contribution in [3.05, 3.63) is 58.1 Å². The second-order valence-electron chi connectivity index (χ2n) is 3.46. The third-order valence-electron chi connectivity index (χ3n) is 2.44. The lowest BCUT2D eigenvalue weighted by molar-refractivity contribution is 1.44. The van der Waals surface area contributed by atoms with Gasteiger partial charge < -0.3 is 0 Å². The van der Waals surface area contributed by atoms with E-state index in [2.05, 4.69) is 28.1 Å². The van der Waals surface area contributed by atoms with Crippen LogP contribution in [0.1, 0.15) is 11.1 Å². The fourth-order valence-electron chi connectivity index (χ4n) is 1.67. The predicted molar refractivity (Wildman–Crippen MR) is 69.0 cm³/mol. The molecule has 2 aromatic carbocycles. The lowest BCUT2D eigenvalue weighted by atomic mass is 9.95. The quantitative estimate of drug-likeness (QED) is 0.797. The number of hydrogen-bond donors (Lipinski definition) is 0. The van der Waals surface area contributed by atoms with E-state index in [1.54, 1.807) is 18.2 Å². The molecule has 0 unspecified atom stereocenters. The van der Waals surface area contributed by atoms with Crippen LogP contribution in [0.5, 0.6) is 0 Å². The van der Waals surface area contributed by atoms with Gasteiger partial charge in [0.15, 0.2) is 0 Å². The van der Waals surface area contributed by atoms with Crippen molar-refractivity contribution < 1.29 is 0 Å². The van der Waals surface area contributed by atoms with E-state index in [-0.39, 0.29) is 0 Å². The normalized spacial score (nSPS) is 9.35. The second-order valence-corrected chi connectivity index (χ2v) is 4.37. The first-order valence-corrected chi connectivity index (χ1v) is 5.74. The monoisotopic (exact) mass is 282 g/mol. The summed E-state index contributed by atoms with van der Waals surface area (Å²) in [6.07, 6.45) is 0. The Kier molecular flexibility index (Phi) is 3.23. The van der Waals surface area contributed by atoms with Crippen LogP contribution in [0.15, 0.2) is 46.9 Å². The number of benzene rings is 2. The van der Waals surface area contributed by atoms with Gasteiger partial charge in [-0.15, -0.1) is 0 Å². The van der Waals surface area contributed by atoms with Gasteiger partial charge in [-0.1, -0.05) is 34.1 Å². The highest BCUT2D eigenvalue weighted by molar-refractivity contribution is 9.10. The third kappa shape index (κ3) is 2.20. The van der Waals surface area contributed by atoms with Crippen molar-refractivity contribution in [2.75, 3.05) is 0 Å². The van der Waals surface area contributed by atoms with Crippen LogP contribution in [0.4, 0.5) is 0 Å².